The Kier molecular flexibility index (Phi) is 6.49. The first kappa shape index (κ1) is 19.6. The minimum Gasteiger partial charge on any atom is -0.348 e. The minimum atomic E-state index is -0.307. The van der Waals surface area contributed by atoms with Crippen molar-refractivity contribution in [2.45, 2.75) is 40.2 Å². The van der Waals surface area contributed by atoms with Gasteiger partial charge in [-0.05, 0) is 44.5 Å². The molecule has 2 rings (SSSR count). The first-order valence-corrected chi connectivity index (χ1v) is 8.71. The summed E-state index contributed by atoms with van der Waals surface area (Å²) in [6.07, 6.45) is 2.41. The van der Waals surface area contributed by atoms with Gasteiger partial charge in [-0.3, -0.25) is 9.59 Å². The van der Waals surface area contributed by atoms with Crippen LogP contribution in [0.15, 0.2) is 30.5 Å². The third-order valence-electron chi connectivity index (χ3n) is 4.45. The second kappa shape index (κ2) is 8.60. The number of nitrogens with one attached hydrogen (secondary N) is 2. The van der Waals surface area contributed by atoms with Crippen LogP contribution in [0.25, 0.3) is 5.69 Å². The van der Waals surface area contributed by atoms with Crippen molar-refractivity contribution >= 4 is 11.8 Å². The molecular formula is C19H25FN4O2. The first-order chi connectivity index (χ1) is 12.3. The molecule has 0 saturated carbocycles. The van der Waals surface area contributed by atoms with E-state index in [1.807, 2.05) is 27.7 Å². The summed E-state index contributed by atoms with van der Waals surface area (Å²) in [6, 6.07) is 5.78. The van der Waals surface area contributed by atoms with Gasteiger partial charge in [-0.1, -0.05) is 13.8 Å². The van der Waals surface area contributed by atoms with Crippen LogP contribution < -0.4 is 10.6 Å². The topological polar surface area (TPSA) is 76.0 Å². The Morgan fingerprint density at radius 1 is 1.23 bits per heavy atom. The Labute approximate surface area is 152 Å². The van der Waals surface area contributed by atoms with Gasteiger partial charge in [0.05, 0.1) is 24.5 Å². The van der Waals surface area contributed by atoms with E-state index in [9.17, 15) is 14.0 Å². The van der Waals surface area contributed by atoms with E-state index in [0.29, 0.717) is 0 Å². The van der Waals surface area contributed by atoms with Gasteiger partial charge in [-0.25, -0.2) is 9.07 Å². The number of carbonyl (C=O) groups excluding carboxylic acids is 2. The standard InChI is InChI=1S/C19H25FN4O2/c1-5-12(2)19(26)21-11-18(25)23-13(3)17-10-22-24(14(17)4)16-8-6-15(20)7-9-16/h6-10,12-13H,5,11H2,1-4H3,(H,21,26)(H,23,25)/t12-,13-/m0/s1. The molecule has 2 amide bonds. The highest BCUT2D eigenvalue weighted by Crippen LogP contribution is 2.20. The van der Waals surface area contributed by atoms with Crippen molar-refractivity contribution < 1.29 is 14.0 Å². The Hall–Kier alpha value is -2.70. The zero-order valence-electron chi connectivity index (χ0n) is 15.5. The molecule has 0 saturated heterocycles. The van der Waals surface area contributed by atoms with Crippen molar-refractivity contribution in [1.82, 2.24) is 20.4 Å². The van der Waals surface area contributed by atoms with Gasteiger partial charge in [0, 0.05) is 17.2 Å². The molecule has 0 aliphatic rings. The maximum Gasteiger partial charge on any atom is 0.239 e. The molecule has 2 atom stereocenters. The molecule has 0 aliphatic heterocycles. The summed E-state index contributed by atoms with van der Waals surface area (Å²) in [6.45, 7) is 7.43. The second-order valence-corrected chi connectivity index (χ2v) is 6.39. The van der Waals surface area contributed by atoms with Gasteiger partial charge in [-0.2, -0.15) is 5.10 Å². The van der Waals surface area contributed by atoms with Crippen molar-refractivity contribution in [2.24, 2.45) is 5.92 Å². The monoisotopic (exact) mass is 360 g/mol. The number of benzene rings is 1. The number of halogens is 1. The SMILES string of the molecule is CC[C@H](C)C(=O)NCC(=O)N[C@@H](C)c1cnn(-c2ccc(F)cc2)c1C. The molecule has 140 valence electrons. The van der Waals surface area contributed by atoms with E-state index in [2.05, 4.69) is 15.7 Å². The van der Waals surface area contributed by atoms with E-state index in [-0.39, 0.29) is 36.1 Å². The number of aromatic nitrogens is 2. The van der Waals surface area contributed by atoms with Crippen molar-refractivity contribution in [2.75, 3.05) is 6.54 Å². The molecule has 0 fully saturated rings. The van der Waals surface area contributed by atoms with E-state index >= 15 is 0 Å². The minimum absolute atomic E-state index is 0.0569. The van der Waals surface area contributed by atoms with E-state index in [1.165, 1.54) is 12.1 Å². The maximum atomic E-state index is 13.1. The molecule has 0 bridgehead atoms. The zero-order valence-corrected chi connectivity index (χ0v) is 15.5. The highest BCUT2D eigenvalue weighted by molar-refractivity contribution is 5.85. The van der Waals surface area contributed by atoms with Crippen LogP contribution in [0.3, 0.4) is 0 Å². The summed E-state index contributed by atoms with van der Waals surface area (Å²) in [4.78, 5) is 23.8. The fourth-order valence-corrected chi connectivity index (χ4v) is 2.59. The van der Waals surface area contributed by atoms with Crippen LogP contribution in [0.5, 0.6) is 0 Å². The predicted octanol–water partition coefficient (Wildman–Crippen LogP) is 2.66. The summed E-state index contributed by atoms with van der Waals surface area (Å²) >= 11 is 0. The van der Waals surface area contributed by atoms with Crippen LogP contribution in [-0.4, -0.2) is 28.1 Å². The number of amides is 2. The van der Waals surface area contributed by atoms with Crippen LogP contribution in [-0.2, 0) is 9.59 Å². The van der Waals surface area contributed by atoms with Crippen molar-refractivity contribution in [3.63, 3.8) is 0 Å². The highest BCUT2D eigenvalue weighted by Gasteiger charge is 2.17. The van der Waals surface area contributed by atoms with E-state index in [1.54, 1.807) is 23.0 Å². The Morgan fingerprint density at radius 3 is 2.50 bits per heavy atom. The smallest absolute Gasteiger partial charge is 0.239 e. The molecule has 26 heavy (non-hydrogen) atoms. The fourth-order valence-electron chi connectivity index (χ4n) is 2.59. The lowest BCUT2D eigenvalue weighted by molar-refractivity contribution is -0.128. The van der Waals surface area contributed by atoms with Gasteiger partial charge in [0.2, 0.25) is 11.8 Å². The molecular weight excluding hydrogens is 335 g/mol. The fraction of sp³-hybridized carbons (Fsp3) is 0.421. The summed E-state index contributed by atoms with van der Waals surface area (Å²) in [7, 11) is 0. The quantitative estimate of drug-likeness (QED) is 0.797. The van der Waals surface area contributed by atoms with Crippen molar-refractivity contribution in [3.8, 4) is 5.69 Å². The van der Waals surface area contributed by atoms with Gasteiger partial charge < -0.3 is 10.6 Å². The van der Waals surface area contributed by atoms with Gasteiger partial charge in [0.25, 0.3) is 0 Å². The normalized spacial score (nSPS) is 13.1. The molecule has 0 aliphatic carbocycles. The predicted molar refractivity (Wildman–Crippen MR) is 97.3 cm³/mol. The summed E-state index contributed by atoms with van der Waals surface area (Å²) in [5.41, 5.74) is 2.46. The zero-order chi connectivity index (χ0) is 19.3. The van der Waals surface area contributed by atoms with Crippen LogP contribution in [0.2, 0.25) is 0 Å². The molecule has 1 aromatic carbocycles. The van der Waals surface area contributed by atoms with Gasteiger partial charge in [0.1, 0.15) is 5.82 Å². The lowest BCUT2D eigenvalue weighted by Gasteiger charge is -2.15. The van der Waals surface area contributed by atoms with Gasteiger partial charge in [-0.15, -0.1) is 0 Å². The summed E-state index contributed by atoms with van der Waals surface area (Å²) < 4.78 is 14.8. The number of hydrogen-bond donors (Lipinski definition) is 2. The van der Waals surface area contributed by atoms with Crippen molar-refractivity contribution in [3.05, 3.63) is 47.5 Å². The highest BCUT2D eigenvalue weighted by atomic mass is 19.1. The Bertz CT molecular complexity index is 770. The molecule has 1 heterocycles. The second-order valence-electron chi connectivity index (χ2n) is 6.39. The molecule has 0 spiro atoms. The number of rotatable bonds is 7. The molecule has 0 unspecified atom stereocenters. The lowest BCUT2D eigenvalue weighted by Crippen LogP contribution is -2.39. The number of carbonyl (C=O) groups is 2. The number of hydrogen-bond acceptors (Lipinski definition) is 3. The summed E-state index contributed by atoms with van der Waals surface area (Å²) in [5.74, 6) is -0.811. The Balaban J connectivity index is 1.99. The van der Waals surface area contributed by atoms with E-state index in [0.717, 1.165) is 23.4 Å². The Morgan fingerprint density at radius 2 is 1.88 bits per heavy atom. The molecule has 2 aromatic rings. The van der Waals surface area contributed by atoms with Gasteiger partial charge in [0.15, 0.2) is 0 Å². The third kappa shape index (κ3) is 4.68. The van der Waals surface area contributed by atoms with Crippen LogP contribution >= 0.6 is 0 Å². The lowest BCUT2D eigenvalue weighted by atomic mass is 10.1. The molecule has 6 nitrogen and oxygen atoms in total. The largest absolute Gasteiger partial charge is 0.348 e. The molecule has 2 N–H and O–H groups in total. The van der Waals surface area contributed by atoms with Crippen molar-refractivity contribution in [1.29, 1.82) is 0 Å². The average molecular weight is 360 g/mol. The van der Waals surface area contributed by atoms with E-state index < -0.39 is 0 Å². The molecule has 1 aromatic heterocycles. The molecule has 7 heteroatoms. The average Bonchev–Trinajstić information content (AvgIpc) is 3.01. The van der Waals surface area contributed by atoms with Crippen LogP contribution in [0.4, 0.5) is 4.39 Å². The van der Waals surface area contributed by atoms with Crippen LogP contribution in [0.1, 0.15) is 44.5 Å². The first-order valence-electron chi connectivity index (χ1n) is 8.71. The van der Waals surface area contributed by atoms with E-state index in [4.69, 9.17) is 0 Å². The van der Waals surface area contributed by atoms with Crippen LogP contribution in [0, 0.1) is 18.7 Å². The maximum absolute atomic E-state index is 13.1. The third-order valence-corrected chi connectivity index (χ3v) is 4.45. The van der Waals surface area contributed by atoms with Gasteiger partial charge >= 0.3 is 0 Å². The summed E-state index contributed by atoms with van der Waals surface area (Å²) in [5, 5.41) is 9.82. The number of nitrogens with zero attached hydrogens (tertiary/aromatic N) is 2. The molecule has 0 radical (unpaired) electrons.